The number of aliphatic hydroxyl groups excluding tert-OH is 2. The Bertz CT molecular complexity index is 1350. The van der Waals surface area contributed by atoms with Gasteiger partial charge in [0.2, 0.25) is 11.8 Å². The number of amides is 6. The molecule has 4 N–H and O–H groups in total. The van der Waals surface area contributed by atoms with Gasteiger partial charge in [0.1, 0.15) is 0 Å². The molecule has 56 heavy (non-hydrogen) atoms. The first-order chi connectivity index (χ1) is 27.1. The molecule has 12 fully saturated rings. The molecule has 4 unspecified atom stereocenters. The number of nitrogens with zero attached hydrogens (tertiary/aromatic N) is 4. The molecule has 14 heteroatoms. The van der Waals surface area contributed by atoms with Crippen LogP contribution in [0.1, 0.15) is 89.9 Å². The summed E-state index contributed by atoms with van der Waals surface area (Å²) in [5.74, 6) is 2.82. The molecule has 6 amide bonds. The van der Waals surface area contributed by atoms with E-state index in [1.165, 1.54) is 0 Å². The summed E-state index contributed by atoms with van der Waals surface area (Å²) in [7, 11) is 0. The number of hydrogen-bond donors (Lipinski definition) is 4. The number of rotatable bonds is 4. The number of carbonyl (C=O) groups excluding carboxylic acids is 4. The van der Waals surface area contributed by atoms with Crippen LogP contribution in [0.25, 0.3) is 0 Å². The van der Waals surface area contributed by atoms with Gasteiger partial charge in [-0.05, 0) is 125 Å². The minimum atomic E-state index is -0.272. The Balaban J connectivity index is 0.000000146. The lowest BCUT2D eigenvalue weighted by Crippen LogP contribution is -2.61. The second-order valence-electron chi connectivity index (χ2n) is 19.8. The van der Waals surface area contributed by atoms with E-state index in [1.54, 1.807) is 0 Å². The molecule has 4 aliphatic heterocycles. The van der Waals surface area contributed by atoms with Gasteiger partial charge < -0.3 is 49.9 Å². The highest BCUT2D eigenvalue weighted by molar-refractivity contribution is 5.84. The van der Waals surface area contributed by atoms with Crippen molar-refractivity contribution in [2.45, 2.75) is 114 Å². The van der Waals surface area contributed by atoms with E-state index < -0.39 is 0 Å². The van der Waals surface area contributed by atoms with Gasteiger partial charge in [0.15, 0.2) is 0 Å². The molecule has 8 bridgehead atoms. The van der Waals surface area contributed by atoms with E-state index in [0.717, 1.165) is 103 Å². The van der Waals surface area contributed by atoms with Crippen LogP contribution >= 0.6 is 0 Å². The topological polar surface area (TPSA) is 164 Å². The molecule has 0 radical (unpaired) electrons. The van der Waals surface area contributed by atoms with Crippen LogP contribution in [0.15, 0.2) is 0 Å². The molecule has 0 aromatic carbocycles. The fourth-order valence-electron chi connectivity index (χ4n) is 13.7. The number of ether oxygens (including phenoxy) is 2. The van der Waals surface area contributed by atoms with Crippen LogP contribution < -0.4 is 10.6 Å². The van der Waals surface area contributed by atoms with Gasteiger partial charge in [0.05, 0.1) is 49.5 Å². The minimum absolute atomic E-state index is 0.0455. The van der Waals surface area contributed by atoms with Crippen molar-refractivity contribution < 1.29 is 38.9 Å². The Morgan fingerprint density at radius 3 is 1.21 bits per heavy atom. The number of likely N-dealkylation sites (tertiary alicyclic amines) is 2. The quantitative estimate of drug-likeness (QED) is 0.338. The Labute approximate surface area is 331 Å². The maximum Gasteiger partial charge on any atom is 0.320 e. The fourth-order valence-corrected chi connectivity index (χ4v) is 13.7. The normalized spacial score (nSPS) is 42.5. The Hall–Kier alpha value is -2.68. The molecular weight excluding hydrogens is 716 g/mol. The van der Waals surface area contributed by atoms with Gasteiger partial charge in [0.25, 0.3) is 0 Å². The maximum absolute atomic E-state index is 13.3. The summed E-state index contributed by atoms with van der Waals surface area (Å²) in [6.07, 6.45) is 13.1. The Kier molecular flexibility index (Phi) is 11.0. The van der Waals surface area contributed by atoms with Crippen molar-refractivity contribution in [3.8, 4) is 0 Å². The van der Waals surface area contributed by atoms with Crippen molar-refractivity contribution in [2.75, 3.05) is 78.8 Å². The Morgan fingerprint density at radius 2 is 0.857 bits per heavy atom. The highest BCUT2D eigenvalue weighted by Gasteiger charge is 2.59. The van der Waals surface area contributed by atoms with Gasteiger partial charge in [-0.1, -0.05) is 0 Å². The predicted molar refractivity (Wildman–Crippen MR) is 205 cm³/mol. The minimum Gasteiger partial charge on any atom is -0.393 e. The molecule has 6 atom stereocenters. The second kappa shape index (κ2) is 15.8. The summed E-state index contributed by atoms with van der Waals surface area (Å²) in [6, 6.07) is 0.258. The van der Waals surface area contributed by atoms with Gasteiger partial charge in [-0.2, -0.15) is 0 Å². The van der Waals surface area contributed by atoms with Crippen LogP contribution in [0.5, 0.6) is 0 Å². The molecule has 8 saturated carbocycles. The first-order valence-electron chi connectivity index (χ1n) is 22.3. The van der Waals surface area contributed by atoms with Gasteiger partial charge in [-0.3, -0.25) is 9.59 Å². The second-order valence-corrected chi connectivity index (χ2v) is 19.8. The van der Waals surface area contributed by atoms with Crippen molar-refractivity contribution in [1.82, 2.24) is 30.2 Å². The van der Waals surface area contributed by atoms with Crippen molar-refractivity contribution >= 4 is 23.9 Å². The summed E-state index contributed by atoms with van der Waals surface area (Å²) in [5, 5.41) is 27.6. The lowest BCUT2D eigenvalue weighted by atomic mass is 9.48. The molecule has 0 spiro atoms. The predicted octanol–water partition coefficient (Wildman–Crippen LogP) is 2.41. The van der Waals surface area contributed by atoms with Crippen molar-refractivity contribution in [3.05, 3.63) is 0 Å². The molecule has 0 aromatic rings. The lowest BCUT2D eigenvalue weighted by molar-refractivity contribution is -0.164. The molecular formula is C42H66N6O8. The number of urea groups is 2. The fraction of sp³-hybridized carbons (Fsp3) is 0.905. The molecule has 8 aliphatic carbocycles. The first-order valence-corrected chi connectivity index (χ1v) is 22.3. The van der Waals surface area contributed by atoms with Crippen LogP contribution in [-0.2, 0) is 19.1 Å². The van der Waals surface area contributed by atoms with Crippen LogP contribution in [0.4, 0.5) is 9.59 Å². The number of hydrogen-bond acceptors (Lipinski definition) is 8. The SMILES string of the molecule is O=C(N1CCOCC1)N1CCC[C@H](NC(=O)C23CC4CC(C2)C(O)C(C4)C3)C1.O=C(N1CCOCC1)N1CCC[C@H](NC(=O)C23CC4CC(C2)C(O)C(C4)C3)C1. The zero-order valence-electron chi connectivity index (χ0n) is 33.3. The summed E-state index contributed by atoms with van der Waals surface area (Å²) >= 11 is 0. The van der Waals surface area contributed by atoms with Crippen molar-refractivity contribution in [3.63, 3.8) is 0 Å². The molecule has 12 rings (SSSR count). The number of nitrogens with one attached hydrogen (secondary N) is 2. The van der Waals surface area contributed by atoms with Crippen LogP contribution in [0.3, 0.4) is 0 Å². The van der Waals surface area contributed by atoms with Crippen molar-refractivity contribution in [1.29, 1.82) is 0 Å². The summed E-state index contributed by atoms with van der Waals surface area (Å²) in [5.41, 5.74) is -0.543. The molecule has 12 aliphatic rings. The molecule has 0 aromatic heterocycles. The summed E-state index contributed by atoms with van der Waals surface area (Å²) < 4.78 is 10.7. The van der Waals surface area contributed by atoms with Crippen LogP contribution in [0.2, 0.25) is 0 Å². The van der Waals surface area contributed by atoms with Crippen molar-refractivity contribution in [2.24, 2.45) is 46.3 Å². The van der Waals surface area contributed by atoms with E-state index in [2.05, 4.69) is 10.6 Å². The number of carbonyl (C=O) groups is 4. The first kappa shape index (κ1) is 38.8. The standard InChI is InChI=1S/2C21H33N3O4/c2*25-18-15-8-14-9-16(18)12-21(10-14,11-15)19(26)22-17-2-1-3-24(13-17)20(27)23-4-6-28-7-5-23/h2*14-18,25H,1-13H2,(H,22,26)/t2*14?,15?,16?,17-,18?,21?/m00/s1. The monoisotopic (exact) mass is 782 g/mol. The maximum atomic E-state index is 13.3. The van der Waals surface area contributed by atoms with Crippen LogP contribution in [0, 0.1) is 46.3 Å². The third-order valence-corrected chi connectivity index (χ3v) is 16.0. The van der Waals surface area contributed by atoms with Gasteiger partial charge >= 0.3 is 12.1 Å². The molecule has 4 heterocycles. The number of piperidine rings is 2. The van der Waals surface area contributed by atoms with Gasteiger partial charge in [-0.15, -0.1) is 0 Å². The smallest absolute Gasteiger partial charge is 0.320 e. The summed E-state index contributed by atoms with van der Waals surface area (Å²) in [4.78, 5) is 59.8. The number of aliphatic hydroxyl groups is 2. The number of morpholine rings is 2. The molecule has 14 nitrogen and oxygen atoms in total. The van der Waals surface area contributed by atoms with Gasteiger partial charge in [0, 0.05) is 64.4 Å². The van der Waals surface area contributed by atoms with E-state index >= 15 is 0 Å². The summed E-state index contributed by atoms with van der Waals surface area (Å²) in [6.45, 7) is 7.81. The zero-order valence-corrected chi connectivity index (χ0v) is 33.3. The Morgan fingerprint density at radius 1 is 0.500 bits per heavy atom. The average Bonchev–Trinajstić information content (AvgIpc) is 3.21. The van der Waals surface area contributed by atoms with E-state index in [1.807, 2.05) is 19.6 Å². The van der Waals surface area contributed by atoms with E-state index in [0.29, 0.717) is 101 Å². The molecule has 312 valence electrons. The third kappa shape index (κ3) is 7.54. The van der Waals surface area contributed by atoms with E-state index in [4.69, 9.17) is 9.47 Å². The molecule has 4 saturated heterocycles. The van der Waals surface area contributed by atoms with Gasteiger partial charge in [-0.25, -0.2) is 9.59 Å². The lowest BCUT2D eigenvalue weighted by Gasteiger charge is -2.58. The largest absolute Gasteiger partial charge is 0.393 e. The zero-order chi connectivity index (χ0) is 38.6. The highest BCUT2D eigenvalue weighted by atomic mass is 16.5. The highest BCUT2D eigenvalue weighted by Crippen LogP contribution is 2.61. The van der Waals surface area contributed by atoms with Crippen LogP contribution in [-0.4, -0.2) is 157 Å². The van der Waals surface area contributed by atoms with E-state index in [9.17, 15) is 29.4 Å². The third-order valence-electron chi connectivity index (χ3n) is 16.0. The average molecular weight is 783 g/mol. The van der Waals surface area contributed by atoms with E-state index in [-0.39, 0.29) is 59.0 Å².